The van der Waals surface area contributed by atoms with E-state index in [1.165, 1.54) is 12.0 Å². The molecule has 0 amide bonds. The molecule has 3 nitrogen and oxygen atoms in total. The van der Waals surface area contributed by atoms with Crippen LogP contribution >= 0.6 is 12.0 Å². The lowest BCUT2D eigenvalue weighted by Gasteiger charge is -2.04. The number of hydrogen-bond acceptors (Lipinski definition) is 4. The molecule has 88 valence electrons. The number of methoxy groups -OCH3 is 1. The van der Waals surface area contributed by atoms with Gasteiger partial charge in [0.2, 0.25) is 0 Å². The average Bonchev–Trinajstić information content (AvgIpc) is 2.41. The first-order valence-electron chi connectivity index (χ1n) is 5.21. The lowest BCUT2D eigenvalue weighted by molar-refractivity contribution is 0.363. The molecule has 1 aromatic heterocycles. The van der Waals surface area contributed by atoms with Crippen molar-refractivity contribution in [2.24, 2.45) is 0 Å². The highest BCUT2D eigenvalue weighted by Crippen LogP contribution is 2.20. The fourth-order valence-corrected chi connectivity index (χ4v) is 1.85. The summed E-state index contributed by atoms with van der Waals surface area (Å²) >= 11 is 1.33. The topological polar surface area (TPSA) is 31.4 Å². The summed E-state index contributed by atoms with van der Waals surface area (Å²) in [5.41, 5.74) is 1.11. The maximum atomic E-state index is 5.52. The van der Waals surface area contributed by atoms with Crippen LogP contribution < -0.4 is 4.74 Å². The fraction of sp³-hybridized carbons (Fsp3) is 0.154. The molecule has 0 saturated heterocycles. The van der Waals surface area contributed by atoms with E-state index in [1.807, 2.05) is 36.4 Å². The Morgan fingerprint density at radius 1 is 1.18 bits per heavy atom. The first kappa shape index (κ1) is 12.0. The van der Waals surface area contributed by atoms with Gasteiger partial charge in [0.25, 0.3) is 0 Å². The Bertz CT molecular complexity index is 445. The van der Waals surface area contributed by atoms with E-state index in [4.69, 9.17) is 8.92 Å². The minimum Gasteiger partial charge on any atom is -0.497 e. The molecule has 0 aliphatic rings. The molecule has 0 bridgehead atoms. The highest BCUT2D eigenvalue weighted by Gasteiger charge is 1.97. The third-order valence-electron chi connectivity index (χ3n) is 2.17. The second kappa shape index (κ2) is 6.27. The number of rotatable bonds is 5. The highest BCUT2D eigenvalue weighted by atomic mass is 32.2. The average molecular weight is 247 g/mol. The summed E-state index contributed by atoms with van der Waals surface area (Å²) in [6, 6.07) is 11.7. The maximum absolute atomic E-state index is 5.52. The molecule has 0 radical (unpaired) electrons. The van der Waals surface area contributed by atoms with Crippen molar-refractivity contribution in [2.75, 3.05) is 7.11 Å². The van der Waals surface area contributed by atoms with Gasteiger partial charge in [0.1, 0.15) is 5.75 Å². The molecule has 2 rings (SSSR count). The van der Waals surface area contributed by atoms with Crippen LogP contribution in [-0.2, 0) is 10.8 Å². The van der Waals surface area contributed by atoms with Crippen molar-refractivity contribution in [3.05, 3.63) is 54.4 Å². The molecular formula is C13H13NO2S. The highest BCUT2D eigenvalue weighted by molar-refractivity contribution is 7.94. The number of benzene rings is 1. The van der Waals surface area contributed by atoms with Crippen molar-refractivity contribution in [3.8, 4) is 5.75 Å². The number of nitrogens with zero attached hydrogens (tertiary/aromatic N) is 1. The van der Waals surface area contributed by atoms with Crippen LogP contribution in [0.5, 0.6) is 5.75 Å². The summed E-state index contributed by atoms with van der Waals surface area (Å²) in [4.78, 5) is 5.02. The van der Waals surface area contributed by atoms with E-state index in [9.17, 15) is 0 Å². The van der Waals surface area contributed by atoms with Crippen molar-refractivity contribution in [1.82, 2.24) is 4.98 Å². The molecule has 0 unspecified atom stereocenters. The maximum Gasteiger partial charge on any atom is 0.118 e. The van der Waals surface area contributed by atoms with Gasteiger partial charge in [-0.05, 0) is 29.8 Å². The van der Waals surface area contributed by atoms with Gasteiger partial charge in [-0.3, -0.25) is 4.98 Å². The number of pyridine rings is 1. The molecule has 17 heavy (non-hydrogen) atoms. The Hall–Kier alpha value is -1.52. The summed E-state index contributed by atoms with van der Waals surface area (Å²) < 4.78 is 10.6. The molecule has 2 aromatic rings. The van der Waals surface area contributed by atoms with Gasteiger partial charge >= 0.3 is 0 Å². The van der Waals surface area contributed by atoms with Gasteiger partial charge < -0.3 is 8.92 Å². The first-order valence-corrected chi connectivity index (χ1v) is 5.95. The van der Waals surface area contributed by atoms with Crippen molar-refractivity contribution in [1.29, 1.82) is 0 Å². The Morgan fingerprint density at radius 2 is 2.00 bits per heavy atom. The van der Waals surface area contributed by atoms with Crippen LogP contribution in [0, 0.1) is 0 Å². The Labute approximate surface area is 105 Å². The Kier molecular flexibility index (Phi) is 4.41. The second-order valence-corrected chi connectivity index (χ2v) is 4.26. The Morgan fingerprint density at radius 3 is 2.65 bits per heavy atom. The molecule has 0 aliphatic carbocycles. The SMILES string of the molecule is COc1ccc(COSc2cccnc2)cc1. The molecule has 1 heterocycles. The molecule has 0 atom stereocenters. The van der Waals surface area contributed by atoms with Crippen molar-refractivity contribution in [2.45, 2.75) is 11.5 Å². The van der Waals surface area contributed by atoms with Gasteiger partial charge in [0.05, 0.1) is 18.6 Å². The Balaban J connectivity index is 1.82. The first-order chi connectivity index (χ1) is 8.38. The predicted octanol–water partition coefficient (Wildman–Crippen LogP) is 3.31. The lowest BCUT2D eigenvalue weighted by atomic mass is 10.2. The van der Waals surface area contributed by atoms with Crippen LogP contribution in [0.1, 0.15) is 5.56 Å². The van der Waals surface area contributed by atoms with Crippen LogP contribution in [0.15, 0.2) is 53.7 Å². The normalized spacial score (nSPS) is 10.2. The third kappa shape index (κ3) is 3.76. The fourth-order valence-electron chi connectivity index (χ4n) is 1.28. The summed E-state index contributed by atoms with van der Waals surface area (Å²) in [5, 5.41) is 0. The third-order valence-corrected chi connectivity index (χ3v) is 2.84. The van der Waals surface area contributed by atoms with Crippen LogP contribution in [0.2, 0.25) is 0 Å². The summed E-state index contributed by atoms with van der Waals surface area (Å²) in [5.74, 6) is 0.855. The van der Waals surface area contributed by atoms with Gasteiger partial charge in [-0.15, -0.1) is 0 Å². The van der Waals surface area contributed by atoms with E-state index in [-0.39, 0.29) is 0 Å². The predicted molar refractivity (Wildman–Crippen MR) is 67.9 cm³/mol. The molecule has 0 saturated carbocycles. The van der Waals surface area contributed by atoms with Crippen LogP contribution in [0.25, 0.3) is 0 Å². The zero-order valence-corrected chi connectivity index (χ0v) is 10.3. The summed E-state index contributed by atoms with van der Waals surface area (Å²) in [6.45, 7) is 0.559. The lowest BCUT2D eigenvalue weighted by Crippen LogP contribution is -1.87. The largest absolute Gasteiger partial charge is 0.497 e. The molecule has 0 spiro atoms. The van der Waals surface area contributed by atoms with Gasteiger partial charge in [-0.1, -0.05) is 12.1 Å². The van der Waals surface area contributed by atoms with Crippen molar-refractivity contribution >= 4 is 12.0 Å². The zero-order valence-electron chi connectivity index (χ0n) is 9.50. The van der Waals surface area contributed by atoms with Crippen LogP contribution in [0.3, 0.4) is 0 Å². The number of ether oxygens (including phenoxy) is 1. The number of aromatic nitrogens is 1. The summed E-state index contributed by atoms with van der Waals surface area (Å²) in [6.07, 6.45) is 3.52. The quantitative estimate of drug-likeness (QED) is 0.758. The second-order valence-electron chi connectivity index (χ2n) is 3.38. The molecule has 0 aliphatic heterocycles. The van der Waals surface area contributed by atoms with E-state index in [0.29, 0.717) is 6.61 Å². The summed E-state index contributed by atoms with van der Waals surface area (Å²) in [7, 11) is 1.66. The van der Waals surface area contributed by atoms with Crippen molar-refractivity contribution < 1.29 is 8.92 Å². The molecule has 0 fully saturated rings. The minimum absolute atomic E-state index is 0.559. The van der Waals surface area contributed by atoms with Crippen LogP contribution in [-0.4, -0.2) is 12.1 Å². The van der Waals surface area contributed by atoms with Crippen LogP contribution in [0.4, 0.5) is 0 Å². The van der Waals surface area contributed by atoms with Crippen molar-refractivity contribution in [3.63, 3.8) is 0 Å². The van der Waals surface area contributed by atoms with E-state index >= 15 is 0 Å². The van der Waals surface area contributed by atoms with Gasteiger partial charge in [-0.25, -0.2) is 0 Å². The molecule has 4 heteroatoms. The van der Waals surface area contributed by atoms with Gasteiger partial charge in [0.15, 0.2) is 0 Å². The number of hydrogen-bond donors (Lipinski definition) is 0. The van der Waals surface area contributed by atoms with Gasteiger partial charge in [0, 0.05) is 24.4 Å². The smallest absolute Gasteiger partial charge is 0.118 e. The zero-order chi connectivity index (χ0) is 11.9. The van der Waals surface area contributed by atoms with E-state index < -0.39 is 0 Å². The van der Waals surface area contributed by atoms with E-state index in [1.54, 1.807) is 19.5 Å². The minimum atomic E-state index is 0.559. The molecular weight excluding hydrogens is 234 g/mol. The standard InChI is InChI=1S/C13H13NO2S/c1-15-12-6-4-11(5-7-12)10-16-17-13-3-2-8-14-9-13/h2-9H,10H2,1H3. The van der Waals surface area contributed by atoms with Gasteiger partial charge in [-0.2, -0.15) is 0 Å². The van der Waals surface area contributed by atoms with E-state index in [2.05, 4.69) is 4.98 Å². The van der Waals surface area contributed by atoms with E-state index in [0.717, 1.165) is 16.2 Å². The monoisotopic (exact) mass is 247 g/mol. The molecule has 1 aromatic carbocycles. The molecule has 0 N–H and O–H groups in total.